The molecule has 0 aliphatic carbocycles. The van der Waals surface area contributed by atoms with Gasteiger partial charge in [-0.15, -0.1) is 0 Å². The highest BCUT2D eigenvalue weighted by molar-refractivity contribution is 5.94. The van der Waals surface area contributed by atoms with Crippen molar-refractivity contribution >= 4 is 22.5 Å². The Morgan fingerprint density at radius 2 is 1.96 bits per heavy atom. The van der Waals surface area contributed by atoms with Gasteiger partial charge in [-0.2, -0.15) is 5.26 Å². The average molecular weight is 362 g/mol. The van der Waals surface area contributed by atoms with Crippen LogP contribution in [0.2, 0.25) is 0 Å². The molecule has 0 spiro atoms. The number of likely N-dealkylation sites (N-methyl/N-ethyl adjacent to an activating group) is 1. The molecule has 0 saturated carbocycles. The molecule has 27 heavy (non-hydrogen) atoms. The summed E-state index contributed by atoms with van der Waals surface area (Å²) < 4.78 is 0. The Morgan fingerprint density at radius 3 is 2.74 bits per heavy atom. The van der Waals surface area contributed by atoms with Crippen molar-refractivity contribution in [1.29, 1.82) is 5.26 Å². The summed E-state index contributed by atoms with van der Waals surface area (Å²) in [5.41, 5.74) is 1.34. The third-order valence-corrected chi connectivity index (χ3v) is 4.55. The number of carbonyl (C=O) groups excluding carboxylic acids is 1. The molecule has 1 amide bonds. The molecule has 7 nitrogen and oxygen atoms in total. The molecule has 0 aliphatic rings. The number of H-pyrrole nitrogens is 1. The Bertz CT molecular complexity index is 1080. The number of nitriles is 1. The van der Waals surface area contributed by atoms with Crippen molar-refractivity contribution < 1.29 is 9.69 Å². The molecular weight excluding hydrogens is 342 g/mol. The molecule has 0 fully saturated rings. The molecule has 0 saturated heterocycles. The van der Waals surface area contributed by atoms with E-state index in [2.05, 4.69) is 21.4 Å². The molecule has 1 heterocycles. The van der Waals surface area contributed by atoms with Crippen molar-refractivity contribution in [3.8, 4) is 6.07 Å². The lowest BCUT2D eigenvalue weighted by Crippen LogP contribution is -3.12. The molecule has 2 aromatic carbocycles. The van der Waals surface area contributed by atoms with Crippen molar-refractivity contribution in [3.05, 3.63) is 70.3 Å². The topological polar surface area (TPSA) is 103 Å². The van der Waals surface area contributed by atoms with E-state index >= 15 is 0 Å². The predicted molar refractivity (Wildman–Crippen MR) is 102 cm³/mol. The largest absolute Gasteiger partial charge is 0.321 e. The minimum absolute atomic E-state index is 0.191. The molecule has 0 radical (unpaired) electrons. The second-order valence-electron chi connectivity index (χ2n) is 6.42. The van der Waals surface area contributed by atoms with Crippen LogP contribution in [0.25, 0.3) is 10.9 Å². The summed E-state index contributed by atoms with van der Waals surface area (Å²) in [5.74, 6) is 0.312. The van der Waals surface area contributed by atoms with Gasteiger partial charge in [0.05, 0.1) is 29.2 Å². The molecular formula is C20H20N5O2+. The van der Waals surface area contributed by atoms with Crippen LogP contribution in [0.1, 0.15) is 18.3 Å². The lowest BCUT2D eigenvalue weighted by atomic mass is 10.2. The first kappa shape index (κ1) is 18.3. The van der Waals surface area contributed by atoms with Crippen LogP contribution < -0.4 is 15.8 Å². The SMILES string of the molecule is C[C@H](C(=O)Nc1ccccc1C#N)[NH+](C)Cc1nc2ccccc2c(=O)[nH]1. The van der Waals surface area contributed by atoms with E-state index in [9.17, 15) is 9.59 Å². The first-order chi connectivity index (χ1) is 13.0. The number of hydrogen-bond acceptors (Lipinski definition) is 4. The van der Waals surface area contributed by atoms with Gasteiger partial charge in [0.2, 0.25) is 0 Å². The Balaban J connectivity index is 1.74. The van der Waals surface area contributed by atoms with Gasteiger partial charge in [0.25, 0.3) is 11.5 Å². The molecule has 1 unspecified atom stereocenters. The van der Waals surface area contributed by atoms with Gasteiger partial charge in [-0.25, -0.2) is 4.98 Å². The maximum Gasteiger partial charge on any atom is 0.282 e. The molecule has 0 bridgehead atoms. The number of aromatic nitrogens is 2. The number of quaternary nitrogens is 1. The van der Waals surface area contributed by atoms with Crippen LogP contribution in [0.15, 0.2) is 53.3 Å². The number of nitrogens with zero attached hydrogens (tertiary/aromatic N) is 2. The molecule has 3 aromatic rings. The van der Waals surface area contributed by atoms with E-state index in [1.165, 1.54) is 0 Å². The van der Waals surface area contributed by atoms with E-state index in [1.54, 1.807) is 49.4 Å². The Kier molecular flexibility index (Phi) is 5.29. The second-order valence-corrected chi connectivity index (χ2v) is 6.42. The van der Waals surface area contributed by atoms with E-state index in [-0.39, 0.29) is 11.5 Å². The average Bonchev–Trinajstić information content (AvgIpc) is 2.67. The predicted octanol–water partition coefficient (Wildman–Crippen LogP) is 0.837. The van der Waals surface area contributed by atoms with Crippen LogP contribution in [0.5, 0.6) is 0 Å². The summed E-state index contributed by atoms with van der Waals surface area (Å²) in [6, 6.07) is 15.7. The molecule has 3 N–H and O–H groups in total. The lowest BCUT2D eigenvalue weighted by molar-refractivity contribution is -0.908. The van der Waals surface area contributed by atoms with E-state index in [1.807, 2.05) is 13.1 Å². The van der Waals surface area contributed by atoms with Crippen LogP contribution in [0, 0.1) is 11.3 Å². The standard InChI is InChI=1S/C20H19N5O2/c1-13(19(26)23-16-9-5-3-7-14(16)11-21)25(2)12-18-22-17-10-6-4-8-15(17)20(27)24-18/h3-10,13H,12H2,1-2H3,(H,23,26)(H,22,24,27)/p+1/t13-/m1/s1. The fourth-order valence-electron chi connectivity index (χ4n) is 2.79. The zero-order valence-corrected chi connectivity index (χ0v) is 15.1. The fourth-order valence-corrected chi connectivity index (χ4v) is 2.79. The van der Waals surface area contributed by atoms with Gasteiger partial charge in [0, 0.05) is 0 Å². The van der Waals surface area contributed by atoms with Crippen LogP contribution in [0.3, 0.4) is 0 Å². The number of hydrogen-bond donors (Lipinski definition) is 3. The van der Waals surface area contributed by atoms with E-state index in [4.69, 9.17) is 5.26 Å². The van der Waals surface area contributed by atoms with E-state index < -0.39 is 6.04 Å². The third kappa shape index (κ3) is 4.02. The zero-order valence-electron chi connectivity index (χ0n) is 15.1. The number of amides is 1. The zero-order chi connectivity index (χ0) is 19.4. The van der Waals surface area contributed by atoms with Gasteiger partial charge in [0.15, 0.2) is 11.9 Å². The molecule has 2 atom stereocenters. The monoisotopic (exact) mass is 362 g/mol. The highest BCUT2D eigenvalue weighted by Gasteiger charge is 2.23. The van der Waals surface area contributed by atoms with Crippen LogP contribution in [-0.4, -0.2) is 29.0 Å². The normalized spacial score (nSPS) is 12.9. The number of anilines is 1. The Labute approximate surface area is 156 Å². The van der Waals surface area contributed by atoms with Gasteiger partial charge in [-0.1, -0.05) is 24.3 Å². The number of fused-ring (bicyclic) bond motifs is 1. The smallest absolute Gasteiger partial charge is 0.282 e. The number of nitrogens with one attached hydrogen (secondary N) is 3. The van der Waals surface area contributed by atoms with Gasteiger partial charge >= 0.3 is 0 Å². The van der Waals surface area contributed by atoms with Crippen LogP contribution in [-0.2, 0) is 11.3 Å². The lowest BCUT2D eigenvalue weighted by Gasteiger charge is -2.21. The molecule has 3 rings (SSSR count). The van der Waals surface area contributed by atoms with Crippen molar-refractivity contribution in [2.24, 2.45) is 0 Å². The van der Waals surface area contributed by atoms with Crippen LogP contribution >= 0.6 is 0 Å². The minimum Gasteiger partial charge on any atom is -0.321 e. The van der Waals surface area contributed by atoms with Crippen LogP contribution in [0.4, 0.5) is 5.69 Å². The summed E-state index contributed by atoms with van der Waals surface area (Å²) in [7, 11) is 1.86. The highest BCUT2D eigenvalue weighted by atomic mass is 16.2. The number of rotatable bonds is 5. The number of benzene rings is 2. The van der Waals surface area contributed by atoms with Crippen molar-refractivity contribution in [2.45, 2.75) is 19.5 Å². The molecule has 7 heteroatoms. The summed E-state index contributed by atoms with van der Waals surface area (Å²) in [4.78, 5) is 32.9. The summed E-state index contributed by atoms with van der Waals surface area (Å²) >= 11 is 0. The molecule has 136 valence electrons. The fraction of sp³-hybridized carbons (Fsp3) is 0.200. The van der Waals surface area contributed by atoms with Gasteiger partial charge < -0.3 is 15.2 Å². The maximum absolute atomic E-state index is 12.6. The van der Waals surface area contributed by atoms with Gasteiger partial charge in [0.1, 0.15) is 12.6 Å². The van der Waals surface area contributed by atoms with Gasteiger partial charge in [-0.05, 0) is 31.2 Å². The Morgan fingerprint density at radius 1 is 1.26 bits per heavy atom. The number of carbonyl (C=O) groups is 1. The summed E-state index contributed by atoms with van der Waals surface area (Å²) in [5, 5.41) is 12.5. The first-order valence-electron chi connectivity index (χ1n) is 8.60. The minimum atomic E-state index is -0.409. The number of para-hydroxylation sites is 2. The molecule has 1 aromatic heterocycles. The summed E-state index contributed by atoms with van der Waals surface area (Å²) in [6.45, 7) is 2.17. The van der Waals surface area contributed by atoms with Gasteiger partial charge in [-0.3, -0.25) is 9.59 Å². The highest BCUT2D eigenvalue weighted by Crippen LogP contribution is 2.13. The Hall–Kier alpha value is -3.50. The van der Waals surface area contributed by atoms with E-state index in [0.29, 0.717) is 34.5 Å². The van der Waals surface area contributed by atoms with Crippen molar-refractivity contribution in [3.63, 3.8) is 0 Å². The molecule has 0 aliphatic heterocycles. The summed E-state index contributed by atoms with van der Waals surface area (Å²) in [6.07, 6.45) is 0. The number of aromatic amines is 1. The van der Waals surface area contributed by atoms with E-state index in [0.717, 1.165) is 4.90 Å². The quantitative estimate of drug-likeness (QED) is 0.626. The maximum atomic E-state index is 12.6. The second kappa shape index (κ2) is 7.81. The third-order valence-electron chi connectivity index (χ3n) is 4.55. The van der Waals surface area contributed by atoms with Crippen molar-refractivity contribution in [2.75, 3.05) is 12.4 Å². The first-order valence-corrected chi connectivity index (χ1v) is 8.60. The van der Waals surface area contributed by atoms with Crippen molar-refractivity contribution in [1.82, 2.24) is 9.97 Å².